The van der Waals surface area contributed by atoms with Crippen LogP contribution in [0.3, 0.4) is 0 Å². The molecule has 5 nitrogen and oxygen atoms in total. The van der Waals surface area contributed by atoms with Crippen molar-refractivity contribution in [2.75, 3.05) is 24.5 Å². The first-order valence-electron chi connectivity index (χ1n) is 8.52. The summed E-state index contributed by atoms with van der Waals surface area (Å²) in [4.78, 5) is 19.0. The average Bonchev–Trinajstić information content (AvgIpc) is 3.18. The second kappa shape index (κ2) is 8.86. The molecule has 2 N–H and O–H groups in total. The van der Waals surface area contributed by atoms with Gasteiger partial charge in [0, 0.05) is 25.6 Å². The Morgan fingerprint density at radius 1 is 1.26 bits per heavy atom. The highest BCUT2D eigenvalue weighted by atomic mass is 35.5. The van der Waals surface area contributed by atoms with Crippen LogP contribution in [0.1, 0.15) is 19.3 Å². The van der Waals surface area contributed by atoms with Gasteiger partial charge in [0.1, 0.15) is 0 Å². The maximum Gasteiger partial charge on any atom is 0.262 e. The van der Waals surface area contributed by atoms with Crippen LogP contribution in [0, 0.1) is 0 Å². The number of thiazole rings is 1. The van der Waals surface area contributed by atoms with Gasteiger partial charge in [0.2, 0.25) is 5.91 Å². The molecule has 1 unspecified atom stereocenters. The molecule has 3 heterocycles. The third kappa shape index (κ3) is 4.99. The fourth-order valence-electron chi connectivity index (χ4n) is 3.41. The molecule has 2 fully saturated rings. The lowest BCUT2D eigenvalue weighted by atomic mass is 10.0. The van der Waals surface area contributed by atoms with Gasteiger partial charge < -0.3 is 10.2 Å². The zero-order valence-electron chi connectivity index (χ0n) is 14.5. The van der Waals surface area contributed by atoms with E-state index < -0.39 is 24.9 Å². The van der Waals surface area contributed by atoms with Gasteiger partial charge in [0.25, 0.3) is 5.92 Å². The molecule has 1 aromatic carbocycles. The summed E-state index contributed by atoms with van der Waals surface area (Å²) in [5.41, 5.74) is 1.01. The van der Waals surface area contributed by atoms with Crippen molar-refractivity contribution in [1.29, 1.82) is 0 Å². The number of amides is 1. The Morgan fingerprint density at radius 2 is 1.96 bits per heavy atom. The Morgan fingerprint density at radius 3 is 2.59 bits per heavy atom. The summed E-state index contributed by atoms with van der Waals surface area (Å²) in [6.07, 6.45) is 1.18. The summed E-state index contributed by atoms with van der Waals surface area (Å²) in [5, 5.41) is 6.53. The van der Waals surface area contributed by atoms with Crippen LogP contribution in [0.25, 0.3) is 10.2 Å². The summed E-state index contributed by atoms with van der Waals surface area (Å²) in [6, 6.07) is 7.31. The number of fused-ring (bicyclic) bond motifs is 1. The van der Waals surface area contributed by atoms with Crippen molar-refractivity contribution >= 4 is 57.4 Å². The number of benzene rings is 1. The largest absolute Gasteiger partial charge is 0.352 e. The van der Waals surface area contributed by atoms with Gasteiger partial charge in [-0.25, -0.2) is 13.8 Å². The quantitative estimate of drug-likeness (QED) is 0.772. The fourth-order valence-corrected chi connectivity index (χ4v) is 4.43. The second-order valence-electron chi connectivity index (χ2n) is 6.73. The number of carbonyl (C=O) groups is 1. The first kappa shape index (κ1) is 22.1. The van der Waals surface area contributed by atoms with Gasteiger partial charge in [0.05, 0.1) is 22.8 Å². The first-order chi connectivity index (χ1) is 12.0. The number of hydrogen-bond acceptors (Lipinski definition) is 5. The maximum atomic E-state index is 13.2. The molecule has 0 bridgehead atoms. The highest BCUT2D eigenvalue weighted by Crippen LogP contribution is 2.30. The maximum absolute atomic E-state index is 13.2. The van der Waals surface area contributed by atoms with Gasteiger partial charge in [-0.15, -0.1) is 24.8 Å². The summed E-state index contributed by atoms with van der Waals surface area (Å²) in [6.45, 7) is 1.19. The minimum absolute atomic E-state index is 0. The number of para-hydroxylation sites is 1. The van der Waals surface area contributed by atoms with Gasteiger partial charge in [-0.3, -0.25) is 10.1 Å². The molecular weight excluding hydrogens is 417 g/mol. The molecule has 2 aromatic rings. The lowest BCUT2D eigenvalue weighted by molar-refractivity contribution is -0.124. The zero-order valence-corrected chi connectivity index (χ0v) is 16.9. The zero-order chi connectivity index (χ0) is 17.4. The third-order valence-corrected chi connectivity index (χ3v) is 5.92. The van der Waals surface area contributed by atoms with Crippen molar-refractivity contribution in [1.82, 2.24) is 15.6 Å². The molecule has 0 aliphatic carbocycles. The Labute approximate surface area is 172 Å². The molecule has 1 atom stereocenters. The van der Waals surface area contributed by atoms with E-state index in [4.69, 9.17) is 0 Å². The Balaban J connectivity index is 0.00000131. The molecule has 2 aliphatic rings. The lowest BCUT2D eigenvalue weighted by Gasteiger charge is -2.32. The predicted octanol–water partition coefficient (Wildman–Crippen LogP) is 3.22. The predicted molar refractivity (Wildman–Crippen MR) is 109 cm³/mol. The Bertz CT molecular complexity index is 750. The van der Waals surface area contributed by atoms with E-state index in [1.807, 2.05) is 18.2 Å². The topological polar surface area (TPSA) is 57.3 Å². The number of nitrogens with zero attached hydrogens (tertiary/aromatic N) is 2. The van der Waals surface area contributed by atoms with Crippen LogP contribution < -0.4 is 15.5 Å². The summed E-state index contributed by atoms with van der Waals surface area (Å²) < 4.78 is 27.6. The van der Waals surface area contributed by atoms with E-state index in [1.54, 1.807) is 11.3 Å². The minimum atomic E-state index is -2.78. The number of piperidine rings is 1. The number of hydrogen-bond donors (Lipinski definition) is 2. The smallest absolute Gasteiger partial charge is 0.262 e. The molecule has 2 saturated heterocycles. The molecule has 0 spiro atoms. The van der Waals surface area contributed by atoms with Crippen molar-refractivity contribution in [3.63, 3.8) is 0 Å². The summed E-state index contributed by atoms with van der Waals surface area (Å²) >= 11 is 1.67. The summed E-state index contributed by atoms with van der Waals surface area (Å²) in [5.74, 6) is -3.09. The SMILES string of the molecule is Cl.Cl.O=C(NC1CCN(c2nc3ccccc3s2)CC1)C1CC(F)(F)CN1. The van der Waals surface area contributed by atoms with E-state index in [0.29, 0.717) is 0 Å². The van der Waals surface area contributed by atoms with Gasteiger partial charge in [-0.05, 0) is 25.0 Å². The normalized spacial score (nSPS) is 22.1. The van der Waals surface area contributed by atoms with Crippen LogP contribution >= 0.6 is 36.2 Å². The van der Waals surface area contributed by atoms with E-state index in [0.717, 1.165) is 36.6 Å². The number of rotatable bonds is 3. The molecule has 27 heavy (non-hydrogen) atoms. The van der Waals surface area contributed by atoms with E-state index in [-0.39, 0.29) is 36.8 Å². The van der Waals surface area contributed by atoms with Crippen LogP contribution in [0.4, 0.5) is 13.9 Å². The fraction of sp³-hybridized carbons (Fsp3) is 0.529. The van der Waals surface area contributed by atoms with Gasteiger partial charge in [-0.1, -0.05) is 23.5 Å². The van der Waals surface area contributed by atoms with E-state index in [2.05, 4.69) is 26.6 Å². The monoisotopic (exact) mass is 438 g/mol. The number of halogens is 4. The molecule has 1 amide bonds. The number of anilines is 1. The molecule has 10 heteroatoms. The standard InChI is InChI=1S/C17H20F2N4OS.2ClH/c18-17(19)9-13(20-10-17)15(24)21-11-5-7-23(8-6-11)16-22-12-3-1-2-4-14(12)25-16;;/h1-4,11,13,20H,5-10H2,(H,21,24);2*1H. The number of nitrogens with one attached hydrogen (secondary N) is 2. The van der Waals surface area contributed by atoms with Crippen molar-refractivity contribution in [3.8, 4) is 0 Å². The number of aromatic nitrogens is 1. The molecule has 0 saturated carbocycles. The van der Waals surface area contributed by atoms with Crippen LogP contribution in [-0.2, 0) is 4.79 Å². The molecule has 2 aliphatic heterocycles. The van der Waals surface area contributed by atoms with Crippen molar-refractivity contribution < 1.29 is 13.6 Å². The van der Waals surface area contributed by atoms with Crippen LogP contribution in [0.15, 0.2) is 24.3 Å². The van der Waals surface area contributed by atoms with Gasteiger partial charge >= 0.3 is 0 Å². The first-order valence-corrected chi connectivity index (χ1v) is 9.34. The number of carbonyl (C=O) groups excluding carboxylic acids is 1. The van der Waals surface area contributed by atoms with E-state index in [9.17, 15) is 13.6 Å². The van der Waals surface area contributed by atoms with Gasteiger partial charge in [-0.2, -0.15) is 0 Å². The van der Waals surface area contributed by atoms with E-state index >= 15 is 0 Å². The van der Waals surface area contributed by atoms with Crippen molar-refractivity contribution in [2.24, 2.45) is 0 Å². The third-order valence-electron chi connectivity index (χ3n) is 4.82. The Kier molecular flexibility index (Phi) is 7.24. The highest BCUT2D eigenvalue weighted by Gasteiger charge is 2.42. The van der Waals surface area contributed by atoms with Crippen molar-refractivity contribution in [3.05, 3.63) is 24.3 Å². The molecule has 1 aromatic heterocycles. The number of alkyl halides is 2. The van der Waals surface area contributed by atoms with Crippen LogP contribution in [0.5, 0.6) is 0 Å². The van der Waals surface area contributed by atoms with E-state index in [1.165, 1.54) is 4.70 Å². The highest BCUT2D eigenvalue weighted by molar-refractivity contribution is 7.22. The van der Waals surface area contributed by atoms with Crippen molar-refractivity contribution in [2.45, 2.75) is 37.3 Å². The minimum Gasteiger partial charge on any atom is -0.352 e. The van der Waals surface area contributed by atoms with Crippen LogP contribution in [0.2, 0.25) is 0 Å². The lowest BCUT2D eigenvalue weighted by Crippen LogP contribution is -2.49. The second-order valence-corrected chi connectivity index (χ2v) is 7.74. The molecular formula is C17H22Cl2F2N4OS. The summed E-state index contributed by atoms with van der Waals surface area (Å²) in [7, 11) is 0. The van der Waals surface area contributed by atoms with Crippen LogP contribution in [-0.4, -0.2) is 48.5 Å². The molecule has 150 valence electrons. The van der Waals surface area contributed by atoms with Gasteiger partial charge in [0.15, 0.2) is 5.13 Å². The Hall–Kier alpha value is -1.22. The molecule has 4 rings (SSSR count). The average molecular weight is 439 g/mol. The molecule has 0 radical (unpaired) electrons.